The summed E-state index contributed by atoms with van der Waals surface area (Å²) in [5.74, 6) is -0.987. The maximum Gasteiger partial charge on any atom is 0.337 e. The number of carbonyl (C=O) groups excluding carboxylic acids is 3. The van der Waals surface area contributed by atoms with Crippen molar-refractivity contribution in [2.75, 3.05) is 23.2 Å². The predicted molar refractivity (Wildman–Crippen MR) is 276 cm³/mol. The van der Waals surface area contributed by atoms with Crippen molar-refractivity contribution in [3.63, 3.8) is 0 Å². The van der Waals surface area contributed by atoms with Crippen molar-refractivity contribution in [2.45, 2.75) is 82.6 Å². The fraction of sp³-hybridized carbons (Fsp3) is 0.259. The number of esters is 3. The summed E-state index contributed by atoms with van der Waals surface area (Å²) in [5.41, 5.74) is 11.1. The van der Waals surface area contributed by atoms with E-state index >= 15 is 0 Å². The maximum atomic E-state index is 12.2. The Labute approximate surface area is 395 Å². The molecule has 6 aromatic carbocycles. The molecule has 8 rings (SSSR count). The minimum atomic E-state index is -0.742. The monoisotopic (exact) mass is 891 g/mol. The highest BCUT2D eigenvalue weighted by Crippen LogP contribution is 2.42. The van der Waals surface area contributed by atoms with Crippen molar-refractivity contribution in [1.82, 2.24) is 0 Å². The lowest BCUT2D eigenvalue weighted by Gasteiger charge is -2.27. The first-order chi connectivity index (χ1) is 30.0. The molecule has 2 unspecified atom stereocenters. The second-order valence-corrected chi connectivity index (χ2v) is 15.7. The fourth-order valence-electron chi connectivity index (χ4n) is 7.51. The van der Waals surface area contributed by atoms with Crippen LogP contribution in [-0.2, 0) is 28.6 Å². The number of para-hydroxylation sites is 2. The summed E-state index contributed by atoms with van der Waals surface area (Å²) in [6.07, 6.45) is 3.52. The molecule has 0 aliphatic carbocycles. The van der Waals surface area contributed by atoms with E-state index in [1.165, 1.54) is 16.7 Å². The first kappa shape index (κ1) is 55.1. The van der Waals surface area contributed by atoms with Gasteiger partial charge in [0.1, 0.15) is 0 Å². The molecule has 8 heteroatoms. The largest absolute Gasteiger partial charge is 0.435 e. The zero-order valence-corrected chi connectivity index (χ0v) is 36.0. The fourth-order valence-corrected chi connectivity index (χ4v) is 7.51. The minimum Gasteiger partial charge on any atom is -0.435 e. The highest BCUT2D eigenvalue weighted by Gasteiger charge is 2.46. The van der Waals surface area contributed by atoms with Crippen molar-refractivity contribution < 1.29 is 28.6 Å². The molecule has 348 valence electrons. The standard InChI is InChI=1S/C28H29NO3.C21H19N.C5H6O3.4CH4/c1-4-21(18-28(3)19-26(30)32-27(28)31)22-13-15-24(16-14-22)29(23-10-6-5-7-11-23)25-12-8-9-20(2)17-25;1-3-18-12-14-20(15-13-18)22(19-9-5-4-6-10-19)21-11-7-8-17(2)16-21;1-4-2-7-3-8-5(4)6;;;;/h5-17,21H,4,18-19H2,1-3H3;3-16H,1H2,2H3;1-3H2;4*1H4. The molecule has 0 spiro atoms. The summed E-state index contributed by atoms with van der Waals surface area (Å²) < 4.78 is 14.0. The molecular weight excluding hydrogens is 821 g/mol. The third-order valence-corrected chi connectivity index (χ3v) is 10.8. The van der Waals surface area contributed by atoms with Gasteiger partial charge in [-0.3, -0.25) is 9.59 Å². The number of ether oxygens (including phenoxy) is 3. The Morgan fingerprint density at radius 2 is 1.09 bits per heavy atom. The summed E-state index contributed by atoms with van der Waals surface area (Å²) >= 11 is 0. The van der Waals surface area contributed by atoms with E-state index in [4.69, 9.17) is 9.47 Å². The van der Waals surface area contributed by atoms with Gasteiger partial charge in [-0.1, -0.05) is 141 Å². The van der Waals surface area contributed by atoms with E-state index in [1.807, 2.05) is 37.3 Å². The van der Waals surface area contributed by atoms with Crippen LogP contribution in [0.5, 0.6) is 0 Å². The van der Waals surface area contributed by atoms with E-state index in [2.05, 4.69) is 182 Å². The minimum absolute atomic E-state index is 0. The second-order valence-electron chi connectivity index (χ2n) is 15.7. The van der Waals surface area contributed by atoms with E-state index in [1.54, 1.807) is 0 Å². The Kier molecular flexibility index (Phi) is 21.8. The molecule has 2 fully saturated rings. The van der Waals surface area contributed by atoms with E-state index in [9.17, 15) is 14.4 Å². The lowest BCUT2D eigenvalue weighted by Crippen LogP contribution is -2.25. The maximum absolute atomic E-state index is 12.2. The quantitative estimate of drug-likeness (QED) is 0.0722. The molecule has 8 nitrogen and oxygen atoms in total. The number of carbonyl (C=O) groups is 3. The molecule has 0 N–H and O–H groups in total. The van der Waals surface area contributed by atoms with Crippen molar-refractivity contribution in [2.24, 2.45) is 5.41 Å². The van der Waals surface area contributed by atoms with E-state index in [0.29, 0.717) is 18.6 Å². The molecule has 2 saturated heterocycles. The number of benzene rings is 6. The Hall–Kier alpha value is -7.03. The van der Waals surface area contributed by atoms with Gasteiger partial charge in [-0.2, -0.15) is 0 Å². The Bertz CT molecular complexity index is 2450. The topological polar surface area (TPSA) is 85.4 Å². The number of nitrogens with zero attached hydrogens (tertiary/aromatic N) is 2. The molecule has 6 aromatic rings. The van der Waals surface area contributed by atoms with Crippen LogP contribution >= 0.6 is 0 Å². The van der Waals surface area contributed by atoms with Crippen molar-refractivity contribution in [3.8, 4) is 0 Å². The van der Waals surface area contributed by atoms with Crippen LogP contribution in [0.15, 0.2) is 176 Å². The van der Waals surface area contributed by atoms with Crippen LogP contribution in [0.4, 0.5) is 34.1 Å². The van der Waals surface area contributed by atoms with Gasteiger partial charge >= 0.3 is 17.9 Å². The number of cyclic esters (lactones) is 3. The molecule has 2 heterocycles. The van der Waals surface area contributed by atoms with Gasteiger partial charge in [0.25, 0.3) is 0 Å². The first-order valence-electron chi connectivity index (χ1n) is 20.8. The number of hydrogen-bond donors (Lipinski definition) is 0. The summed E-state index contributed by atoms with van der Waals surface area (Å²) in [5, 5.41) is 0. The SMILES string of the molecule is C.C.C.C.C=C1COCOC1=O.C=Cc1ccc(N(c2ccccc2)c2cccc(C)c2)cc1.CCC(CC1(C)CC(=O)OC1=O)c1ccc(N(c2ccccc2)c2cccc(C)c2)cc1. The molecule has 2 aliphatic rings. The molecule has 2 aliphatic heterocycles. The van der Waals surface area contributed by atoms with Crippen molar-refractivity contribution in [3.05, 3.63) is 199 Å². The average molecular weight is 891 g/mol. The van der Waals surface area contributed by atoms with Gasteiger partial charge in [0, 0.05) is 34.1 Å². The summed E-state index contributed by atoms with van der Waals surface area (Å²) in [6.45, 7) is 15.8. The summed E-state index contributed by atoms with van der Waals surface area (Å²) in [4.78, 5) is 38.8. The van der Waals surface area contributed by atoms with Crippen molar-refractivity contribution in [1.29, 1.82) is 0 Å². The number of anilines is 6. The van der Waals surface area contributed by atoms with Crippen LogP contribution in [0.2, 0.25) is 0 Å². The number of aryl methyl sites for hydroxylation is 2. The van der Waals surface area contributed by atoms with Crippen LogP contribution in [0.1, 0.15) is 91.0 Å². The summed E-state index contributed by atoms with van der Waals surface area (Å²) in [7, 11) is 0. The smallest absolute Gasteiger partial charge is 0.337 e. The van der Waals surface area contributed by atoms with Gasteiger partial charge in [-0.25, -0.2) is 4.79 Å². The molecule has 0 bridgehead atoms. The highest BCUT2D eigenvalue weighted by molar-refractivity contribution is 5.97. The molecular formula is C58H70N2O6. The van der Waals surface area contributed by atoms with Gasteiger partial charge in [0.05, 0.1) is 24.0 Å². The summed E-state index contributed by atoms with van der Waals surface area (Å²) in [6, 6.07) is 54.8. The van der Waals surface area contributed by atoms with Gasteiger partial charge in [0.15, 0.2) is 6.79 Å². The van der Waals surface area contributed by atoms with Crippen LogP contribution in [0, 0.1) is 19.3 Å². The third kappa shape index (κ3) is 14.2. The first-order valence-corrected chi connectivity index (χ1v) is 20.8. The molecule has 0 saturated carbocycles. The van der Waals surface area contributed by atoms with Crippen LogP contribution in [0.25, 0.3) is 6.08 Å². The highest BCUT2D eigenvalue weighted by atomic mass is 16.7. The van der Waals surface area contributed by atoms with E-state index in [-0.39, 0.29) is 54.8 Å². The second kappa shape index (κ2) is 26.1. The van der Waals surface area contributed by atoms with E-state index in [0.717, 1.165) is 46.1 Å². The molecule has 2 atom stereocenters. The zero-order valence-electron chi connectivity index (χ0n) is 36.0. The van der Waals surface area contributed by atoms with Crippen molar-refractivity contribution >= 4 is 58.1 Å². The lowest BCUT2D eigenvalue weighted by atomic mass is 9.76. The molecule has 0 radical (unpaired) electrons. The van der Waals surface area contributed by atoms with Crippen LogP contribution in [0.3, 0.4) is 0 Å². The van der Waals surface area contributed by atoms with E-state index < -0.39 is 17.4 Å². The van der Waals surface area contributed by atoms with Gasteiger partial charge in [-0.15, -0.1) is 0 Å². The number of hydrogen-bond acceptors (Lipinski definition) is 8. The van der Waals surface area contributed by atoms with Crippen LogP contribution < -0.4 is 9.80 Å². The normalized spacial score (nSPS) is 15.1. The molecule has 0 aromatic heterocycles. The van der Waals surface area contributed by atoms with Crippen LogP contribution in [-0.4, -0.2) is 31.3 Å². The van der Waals surface area contributed by atoms with Gasteiger partial charge in [0.2, 0.25) is 0 Å². The number of rotatable bonds is 11. The lowest BCUT2D eigenvalue weighted by molar-refractivity contribution is -0.159. The third-order valence-electron chi connectivity index (χ3n) is 10.8. The van der Waals surface area contributed by atoms with Gasteiger partial charge in [-0.05, 0) is 135 Å². The predicted octanol–water partition coefficient (Wildman–Crippen LogP) is 15.6. The molecule has 0 amide bonds. The molecule has 66 heavy (non-hydrogen) atoms. The Balaban J connectivity index is 0.000000383. The van der Waals surface area contributed by atoms with Gasteiger partial charge < -0.3 is 24.0 Å². The zero-order chi connectivity index (χ0) is 44.1. The average Bonchev–Trinajstić information content (AvgIpc) is 3.55. The Morgan fingerprint density at radius 1 is 0.636 bits per heavy atom. The Morgan fingerprint density at radius 3 is 1.47 bits per heavy atom.